The number of hydrogen-bond acceptors (Lipinski definition) is 4. The summed E-state index contributed by atoms with van der Waals surface area (Å²) in [5, 5.41) is 18.5. The molecule has 0 spiro atoms. The van der Waals surface area contributed by atoms with Crippen LogP contribution < -0.4 is 11.5 Å². The standard InChI is InChI=1S/C14H16N2O2/c15-13-7-9(4-5-17)6-12(14(13)16)10-2-1-3-11(18)8-10/h1-3,6-8,17-18H,4-5,15-16H2. The van der Waals surface area contributed by atoms with E-state index in [1.807, 2.05) is 12.1 Å². The van der Waals surface area contributed by atoms with Crippen LogP contribution in [-0.2, 0) is 6.42 Å². The van der Waals surface area contributed by atoms with Gasteiger partial charge >= 0.3 is 0 Å². The summed E-state index contributed by atoms with van der Waals surface area (Å²) in [6.45, 7) is 0.0584. The zero-order valence-electron chi connectivity index (χ0n) is 9.93. The Morgan fingerprint density at radius 3 is 2.50 bits per heavy atom. The van der Waals surface area contributed by atoms with Crippen molar-refractivity contribution in [3.05, 3.63) is 42.0 Å². The Morgan fingerprint density at radius 1 is 1.06 bits per heavy atom. The minimum atomic E-state index is 0.0584. The number of aromatic hydroxyl groups is 1. The van der Waals surface area contributed by atoms with Crippen LogP contribution in [0.4, 0.5) is 11.4 Å². The number of benzene rings is 2. The van der Waals surface area contributed by atoms with E-state index in [9.17, 15) is 5.11 Å². The van der Waals surface area contributed by atoms with Crippen molar-refractivity contribution < 1.29 is 10.2 Å². The predicted octanol–water partition coefficient (Wildman–Crippen LogP) is 1.76. The first kappa shape index (κ1) is 12.3. The zero-order chi connectivity index (χ0) is 13.1. The first-order valence-electron chi connectivity index (χ1n) is 5.70. The summed E-state index contributed by atoms with van der Waals surface area (Å²) in [7, 11) is 0. The first-order valence-corrected chi connectivity index (χ1v) is 5.70. The van der Waals surface area contributed by atoms with Gasteiger partial charge in [0.25, 0.3) is 0 Å². The highest BCUT2D eigenvalue weighted by molar-refractivity contribution is 5.85. The molecular formula is C14H16N2O2. The molecular weight excluding hydrogens is 228 g/mol. The third-order valence-corrected chi connectivity index (χ3v) is 2.83. The maximum absolute atomic E-state index is 9.50. The fourth-order valence-electron chi connectivity index (χ4n) is 1.92. The molecule has 0 aliphatic rings. The van der Waals surface area contributed by atoms with Crippen LogP contribution >= 0.6 is 0 Å². The van der Waals surface area contributed by atoms with Crippen molar-refractivity contribution in [3.8, 4) is 16.9 Å². The largest absolute Gasteiger partial charge is 0.508 e. The summed E-state index contributed by atoms with van der Waals surface area (Å²) >= 11 is 0. The van der Waals surface area contributed by atoms with E-state index in [1.165, 1.54) is 0 Å². The molecule has 0 atom stereocenters. The number of phenols is 1. The van der Waals surface area contributed by atoms with Crippen LogP contribution in [0.2, 0.25) is 0 Å². The molecule has 18 heavy (non-hydrogen) atoms. The van der Waals surface area contributed by atoms with Gasteiger partial charge < -0.3 is 21.7 Å². The van der Waals surface area contributed by atoms with Gasteiger partial charge in [-0.15, -0.1) is 0 Å². The van der Waals surface area contributed by atoms with E-state index in [2.05, 4.69) is 0 Å². The highest BCUT2D eigenvalue weighted by atomic mass is 16.3. The van der Waals surface area contributed by atoms with Gasteiger partial charge in [0.2, 0.25) is 0 Å². The molecule has 4 heteroatoms. The van der Waals surface area contributed by atoms with Crippen LogP contribution in [0.5, 0.6) is 5.75 Å². The quantitative estimate of drug-likeness (QED) is 0.619. The Bertz CT molecular complexity index is 568. The second kappa shape index (κ2) is 4.98. The van der Waals surface area contributed by atoms with Crippen LogP contribution in [0.25, 0.3) is 11.1 Å². The lowest BCUT2D eigenvalue weighted by Crippen LogP contribution is -2.01. The van der Waals surface area contributed by atoms with E-state index in [-0.39, 0.29) is 12.4 Å². The summed E-state index contributed by atoms with van der Waals surface area (Å²) in [6.07, 6.45) is 0.524. The summed E-state index contributed by atoms with van der Waals surface area (Å²) < 4.78 is 0. The highest BCUT2D eigenvalue weighted by Gasteiger charge is 2.08. The van der Waals surface area contributed by atoms with Gasteiger partial charge in [0.05, 0.1) is 11.4 Å². The Morgan fingerprint density at radius 2 is 1.83 bits per heavy atom. The van der Waals surface area contributed by atoms with Gasteiger partial charge in [-0.3, -0.25) is 0 Å². The van der Waals surface area contributed by atoms with E-state index in [0.29, 0.717) is 17.8 Å². The number of hydrogen-bond donors (Lipinski definition) is 4. The third-order valence-electron chi connectivity index (χ3n) is 2.83. The predicted molar refractivity (Wildman–Crippen MR) is 73.2 cm³/mol. The number of aliphatic hydroxyl groups excluding tert-OH is 1. The van der Waals surface area contributed by atoms with E-state index in [0.717, 1.165) is 16.7 Å². The van der Waals surface area contributed by atoms with Crippen molar-refractivity contribution in [1.29, 1.82) is 0 Å². The molecule has 2 aromatic carbocycles. The molecule has 0 aliphatic carbocycles. The van der Waals surface area contributed by atoms with Gasteiger partial charge in [-0.2, -0.15) is 0 Å². The minimum absolute atomic E-state index is 0.0584. The monoisotopic (exact) mass is 244 g/mol. The van der Waals surface area contributed by atoms with Gasteiger partial charge in [-0.25, -0.2) is 0 Å². The van der Waals surface area contributed by atoms with E-state index in [1.54, 1.807) is 24.3 Å². The Hall–Kier alpha value is -2.20. The average Bonchev–Trinajstić information content (AvgIpc) is 2.34. The van der Waals surface area contributed by atoms with Gasteiger partial charge in [-0.05, 0) is 41.8 Å². The van der Waals surface area contributed by atoms with E-state index in [4.69, 9.17) is 16.6 Å². The molecule has 94 valence electrons. The molecule has 6 N–H and O–H groups in total. The Labute approximate surface area is 105 Å². The third kappa shape index (κ3) is 2.38. The van der Waals surface area contributed by atoms with Crippen LogP contribution in [-0.4, -0.2) is 16.8 Å². The Balaban J connectivity index is 2.55. The molecule has 0 unspecified atom stereocenters. The molecule has 0 saturated heterocycles. The van der Waals surface area contributed by atoms with Gasteiger partial charge in [0.1, 0.15) is 5.75 Å². The molecule has 2 rings (SSSR count). The number of aliphatic hydroxyl groups is 1. The zero-order valence-corrected chi connectivity index (χ0v) is 9.93. The molecule has 0 radical (unpaired) electrons. The van der Waals surface area contributed by atoms with Crippen molar-refractivity contribution in [2.24, 2.45) is 0 Å². The minimum Gasteiger partial charge on any atom is -0.508 e. The van der Waals surface area contributed by atoms with Crippen LogP contribution in [0.1, 0.15) is 5.56 Å². The van der Waals surface area contributed by atoms with Crippen molar-refractivity contribution in [2.75, 3.05) is 18.1 Å². The number of nitrogen functional groups attached to an aromatic ring is 2. The van der Waals surface area contributed by atoms with Crippen LogP contribution in [0.3, 0.4) is 0 Å². The normalized spacial score (nSPS) is 10.5. The smallest absolute Gasteiger partial charge is 0.116 e. The fraction of sp³-hybridized carbons (Fsp3) is 0.143. The second-order valence-corrected chi connectivity index (χ2v) is 4.17. The SMILES string of the molecule is Nc1cc(CCO)cc(-c2cccc(O)c2)c1N. The molecule has 0 bridgehead atoms. The highest BCUT2D eigenvalue weighted by Crippen LogP contribution is 2.33. The maximum atomic E-state index is 9.50. The summed E-state index contributed by atoms with van der Waals surface area (Å²) in [4.78, 5) is 0. The lowest BCUT2D eigenvalue weighted by molar-refractivity contribution is 0.299. The van der Waals surface area contributed by atoms with Gasteiger partial charge in [0.15, 0.2) is 0 Å². The van der Waals surface area contributed by atoms with Crippen LogP contribution in [0, 0.1) is 0 Å². The topological polar surface area (TPSA) is 92.5 Å². The number of phenolic OH excluding ortho intramolecular Hbond substituents is 1. The molecule has 2 aromatic rings. The van der Waals surface area contributed by atoms with Crippen molar-refractivity contribution >= 4 is 11.4 Å². The molecule has 0 aromatic heterocycles. The lowest BCUT2D eigenvalue weighted by atomic mass is 9.98. The number of nitrogens with two attached hydrogens (primary N) is 2. The summed E-state index contributed by atoms with van der Waals surface area (Å²) in [5.41, 5.74) is 15.3. The van der Waals surface area contributed by atoms with Crippen molar-refractivity contribution in [1.82, 2.24) is 0 Å². The molecule has 0 heterocycles. The van der Waals surface area contributed by atoms with Gasteiger partial charge in [-0.1, -0.05) is 12.1 Å². The van der Waals surface area contributed by atoms with Crippen molar-refractivity contribution in [3.63, 3.8) is 0 Å². The van der Waals surface area contributed by atoms with E-state index >= 15 is 0 Å². The number of anilines is 2. The summed E-state index contributed by atoms with van der Waals surface area (Å²) in [6, 6.07) is 10.5. The van der Waals surface area contributed by atoms with Crippen molar-refractivity contribution in [2.45, 2.75) is 6.42 Å². The Kier molecular flexibility index (Phi) is 3.39. The maximum Gasteiger partial charge on any atom is 0.116 e. The van der Waals surface area contributed by atoms with Crippen LogP contribution in [0.15, 0.2) is 36.4 Å². The average molecular weight is 244 g/mol. The first-order chi connectivity index (χ1) is 8.61. The molecule has 4 nitrogen and oxygen atoms in total. The van der Waals surface area contributed by atoms with E-state index < -0.39 is 0 Å². The molecule has 0 fully saturated rings. The van der Waals surface area contributed by atoms with Gasteiger partial charge in [0, 0.05) is 12.2 Å². The molecule has 0 saturated carbocycles. The second-order valence-electron chi connectivity index (χ2n) is 4.17. The number of rotatable bonds is 3. The molecule has 0 aliphatic heterocycles. The molecule has 0 amide bonds. The lowest BCUT2D eigenvalue weighted by Gasteiger charge is -2.11. The summed E-state index contributed by atoms with van der Waals surface area (Å²) in [5.74, 6) is 0.179. The fourth-order valence-corrected chi connectivity index (χ4v) is 1.92.